The van der Waals surface area contributed by atoms with Crippen LogP contribution in [0.3, 0.4) is 0 Å². The van der Waals surface area contributed by atoms with Gasteiger partial charge in [0.1, 0.15) is 5.58 Å². The van der Waals surface area contributed by atoms with Crippen molar-refractivity contribution in [3.05, 3.63) is 58.4 Å². The summed E-state index contributed by atoms with van der Waals surface area (Å²) < 4.78 is 5.41. The van der Waals surface area contributed by atoms with Crippen LogP contribution in [0.4, 0.5) is 0 Å². The minimum Gasteiger partial charge on any atom is -0.422 e. The van der Waals surface area contributed by atoms with Gasteiger partial charge in [-0.3, -0.25) is 0 Å². The van der Waals surface area contributed by atoms with Gasteiger partial charge in [0.05, 0.1) is 10.9 Å². The van der Waals surface area contributed by atoms with Crippen molar-refractivity contribution in [2.75, 3.05) is 0 Å². The lowest BCUT2D eigenvalue weighted by atomic mass is 10.1. The highest BCUT2D eigenvalue weighted by Crippen LogP contribution is 2.29. The number of H-pyrrole nitrogens is 1. The van der Waals surface area contributed by atoms with Gasteiger partial charge >= 0.3 is 5.63 Å². The normalized spacial score (nSPS) is 11.6. The maximum absolute atomic E-state index is 12.2. The van der Waals surface area contributed by atoms with Crippen LogP contribution in [0.2, 0.25) is 0 Å². The fraction of sp³-hybridized carbons (Fsp3) is 0.0625. The third kappa shape index (κ3) is 1.30. The van der Waals surface area contributed by atoms with E-state index >= 15 is 0 Å². The molecule has 4 rings (SSSR count). The molecule has 0 saturated heterocycles. The van der Waals surface area contributed by atoms with Gasteiger partial charge in [0.25, 0.3) is 0 Å². The van der Waals surface area contributed by atoms with Crippen molar-refractivity contribution in [1.82, 2.24) is 4.98 Å². The second-order valence-electron chi connectivity index (χ2n) is 4.76. The molecular formula is C16H11NO2. The molecule has 0 saturated carbocycles. The number of nitrogens with one attached hydrogen (secondary N) is 1. The van der Waals surface area contributed by atoms with Gasteiger partial charge in [-0.05, 0) is 24.6 Å². The van der Waals surface area contributed by atoms with E-state index in [1.54, 1.807) is 0 Å². The van der Waals surface area contributed by atoms with Crippen LogP contribution in [0.1, 0.15) is 5.56 Å². The number of hydrogen-bond acceptors (Lipinski definition) is 2. The van der Waals surface area contributed by atoms with E-state index in [2.05, 4.69) is 4.98 Å². The van der Waals surface area contributed by atoms with Crippen molar-refractivity contribution in [2.45, 2.75) is 6.92 Å². The first-order chi connectivity index (χ1) is 9.25. The van der Waals surface area contributed by atoms with Gasteiger partial charge in [0, 0.05) is 16.3 Å². The Balaban J connectivity index is 2.41. The first-order valence-corrected chi connectivity index (χ1v) is 6.18. The van der Waals surface area contributed by atoms with Gasteiger partial charge in [0.2, 0.25) is 0 Å². The Bertz CT molecular complexity index is 992. The van der Waals surface area contributed by atoms with Crippen molar-refractivity contribution in [1.29, 1.82) is 0 Å². The molecular weight excluding hydrogens is 238 g/mol. The highest BCUT2D eigenvalue weighted by Gasteiger charge is 2.13. The molecule has 0 fully saturated rings. The summed E-state index contributed by atoms with van der Waals surface area (Å²) in [6.07, 6.45) is 0. The summed E-state index contributed by atoms with van der Waals surface area (Å²) in [6.45, 7) is 2.03. The van der Waals surface area contributed by atoms with Crippen molar-refractivity contribution in [3.8, 4) is 0 Å². The molecule has 2 aromatic heterocycles. The predicted molar refractivity (Wildman–Crippen MR) is 76.6 cm³/mol. The number of benzene rings is 2. The Hall–Kier alpha value is -2.55. The monoisotopic (exact) mass is 249 g/mol. The maximum Gasteiger partial charge on any atom is 0.346 e. The highest BCUT2D eigenvalue weighted by atomic mass is 16.4. The van der Waals surface area contributed by atoms with E-state index < -0.39 is 0 Å². The molecule has 0 unspecified atom stereocenters. The van der Waals surface area contributed by atoms with E-state index in [1.165, 1.54) is 0 Å². The topological polar surface area (TPSA) is 46.0 Å². The Morgan fingerprint density at radius 1 is 0.947 bits per heavy atom. The van der Waals surface area contributed by atoms with Crippen LogP contribution in [0.15, 0.2) is 51.7 Å². The summed E-state index contributed by atoms with van der Waals surface area (Å²) in [4.78, 5) is 15.6. The maximum atomic E-state index is 12.2. The van der Waals surface area contributed by atoms with Crippen LogP contribution < -0.4 is 5.63 Å². The Labute approximate surface area is 108 Å². The third-order valence-electron chi connectivity index (χ3n) is 3.61. The molecule has 0 amide bonds. The van der Waals surface area contributed by atoms with Gasteiger partial charge in [-0.2, -0.15) is 0 Å². The zero-order valence-corrected chi connectivity index (χ0v) is 10.4. The molecule has 0 atom stereocenters. The molecule has 3 nitrogen and oxygen atoms in total. The fourth-order valence-corrected chi connectivity index (χ4v) is 2.69. The highest BCUT2D eigenvalue weighted by molar-refractivity contribution is 6.15. The SMILES string of the molecule is Cc1cccc2c1[nH]c1c3ccccc3oc(=O)c21. The Kier molecular flexibility index (Phi) is 1.90. The zero-order valence-electron chi connectivity index (χ0n) is 10.4. The van der Waals surface area contributed by atoms with E-state index in [1.807, 2.05) is 49.4 Å². The Morgan fingerprint density at radius 3 is 2.63 bits per heavy atom. The number of aromatic amines is 1. The molecule has 3 heteroatoms. The molecule has 92 valence electrons. The van der Waals surface area contributed by atoms with Crippen molar-refractivity contribution >= 4 is 32.8 Å². The summed E-state index contributed by atoms with van der Waals surface area (Å²) in [5.74, 6) is 0. The summed E-state index contributed by atoms with van der Waals surface area (Å²) >= 11 is 0. The molecule has 0 radical (unpaired) electrons. The molecule has 1 N–H and O–H groups in total. The third-order valence-corrected chi connectivity index (χ3v) is 3.61. The van der Waals surface area contributed by atoms with Crippen LogP contribution in [-0.4, -0.2) is 4.98 Å². The van der Waals surface area contributed by atoms with Crippen molar-refractivity contribution < 1.29 is 4.42 Å². The number of aromatic nitrogens is 1. The van der Waals surface area contributed by atoms with Gasteiger partial charge in [-0.15, -0.1) is 0 Å². The molecule has 4 aromatic rings. The summed E-state index contributed by atoms with van der Waals surface area (Å²) in [5.41, 5.74) is 3.31. The summed E-state index contributed by atoms with van der Waals surface area (Å²) in [6, 6.07) is 13.5. The van der Waals surface area contributed by atoms with Crippen LogP contribution in [0.5, 0.6) is 0 Å². The minimum absolute atomic E-state index is 0.287. The zero-order chi connectivity index (χ0) is 13.0. The molecule has 0 aliphatic heterocycles. The van der Waals surface area contributed by atoms with Gasteiger partial charge in [-0.25, -0.2) is 4.79 Å². The van der Waals surface area contributed by atoms with Crippen LogP contribution in [0.25, 0.3) is 32.8 Å². The molecule has 0 aliphatic carbocycles. The van der Waals surface area contributed by atoms with Gasteiger partial charge < -0.3 is 9.40 Å². The average molecular weight is 249 g/mol. The predicted octanol–water partition coefficient (Wildman–Crippen LogP) is 3.74. The Morgan fingerprint density at radius 2 is 1.74 bits per heavy atom. The molecule has 0 bridgehead atoms. The van der Waals surface area contributed by atoms with E-state index in [0.717, 1.165) is 27.4 Å². The lowest BCUT2D eigenvalue weighted by Gasteiger charge is -1.97. The van der Waals surface area contributed by atoms with Crippen LogP contribution in [0, 0.1) is 6.92 Å². The van der Waals surface area contributed by atoms with E-state index in [9.17, 15) is 4.79 Å². The smallest absolute Gasteiger partial charge is 0.346 e. The number of hydrogen-bond donors (Lipinski definition) is 1. The standard InChI is InChI=1S/C16H11NO2/c1-9-5-4-7-11-13-15(17-14(9)11)10-6-2-3-8-12(10)19-16(13)18/h2-8,17H,1H3. The number of fused-ring (bicyclic) bond motifs is 5. The van der Waals surface area contributed by atoms with Gasteiger partial charge in [-0.1, -0.05) is 30.3 Å². The summed E-state index contributed by atoms with van der Waals surface area (Å²) in [7, 11) is 0. The fourth-order valence-electron chi connectivity index (χ4n) is 2.69. The van der Waals surface area contributed by atoms with E-state index in [-0.39, 0.29) is 5.63 Å². The second-order valence-corrected chi connectivity index (χ2v) is 4.76. The molecule has 19 heavy (non-hydrogen) atoms. The van der Waals surface area contributed by atoms with Crippen molar-refractivity contribution in [3.63, 3.8) is 0 Å². The quantitative estimate of drug-likeness (QED) is 0.482. The van der Waals surface area contributed by atoms with E-state index in [0.29, 0.717) is 11.0 Å². The van der Waals surface area contributed by atoms with Crippen LogP contribution in [-0.2, 0) is 0 Å². The number of para-hydroxylation sites is 2. The summed E-state index contributed by atoms with van der Waals surface area (Å²) in [5, 5.41) is 2.50. The lowest BCUT2D eigenvalue weighted by Crippen LogP contribution is -1.98. The number of aryl methyl sites for hydroxylation is 1. The molecule has 2 aromatic carbocycles. The first kappa shape index (κ1) is 10.4. The lowest BCUT2D eigenvalue weighted by molar-refractivity contribution is 0.570. The van der Waals surface area contributed by atoms with Crippen LogP contribution >= 0.6 is 0 Å². The molecule has 0 aliphatic rings. The van der Waals surface area contributed by atoms with E-state index in [4.69, 9.17) is 4.42 Å². The van der Waals surface area contributed by atoms with Crippen molar-refractivity contribution in [2.24, 2.45) is 0 Å². The average Bonchev–Trinajstić information content (AvgIpc) is 2.81. The number of rotatable bonds is 0. The minimum atomic E-state index is -0.287. The molecule has 2 heterocycles. The largest absolute Gasteiger partial charge is 0.422 e. The van der Waals surface area contributed by atoms with Gasteiger partial charge in [0.15, 0.2) is 0 Å². The second kappa shape index (κ2) is 3.48. The first-order valence-electron chi connectivity index (χ1n) is 6.18. The molecule has 0 spiro atoms.